The molecule has 6 heteroatoms. The van der Waals surface area contributed by atoms with Crippen LogP contribution in [0.2, 0.25) is 0 Å². The highest BCUT2D eigenvalue weighted by Crippen LogP contribution is 2.21. The standard InChI is InChI=1S/C24H26N4O2/c29-22(16-19-9-6-8-18-10-7-14-25-23(18)19)28-15-5-4-13-21(28)17-26-24(30)27-20-11-2-1-3-12-20/h1-3,6-12,14,21H,4-5,13,15-17H2,(H2,26,27,30). The maximum atomic E-state index is 13.1. The lowest BCUT2D eigenvalue weighted by molar-refractivity contribution is -0.134. The fraction of sp³-hybridized carbons (Fsp3) is 0.292. The lowest BCUT2D eigenvalue weighted by atomic mass is 10.00. The van der Waals surface area contributed by atoms with E-state index in [1.54, 1.807) is 6.20 Å². The van der Waals surface area contributed by atoms with E-state index in [9.17, 15) is 9.59 Å². The number of carbonyl (C=O) groups is 2. The summed E-state index contributed by atoms with van der Waals surface area (Å²) in [5.74, 6) is 0.0862. The van der Waals surface area contributed by atoms with Gasteiger partial charge in [-0.3, -0.25) is 9.78 Å². The highest BCUT2D eigenvalue weighted by Gasteiger charge is 2.27. The number of amides is 3. The highest BCUT2D eigenvalue weighted by atomic mass is 16.2. The SMILES string of the molecule is O=C(NCC1CCCCN1C(=O)Cc1cccc2cccnc12)Nc1ccccc1. The quantitative estimate of drug-likeness (QED) is 0.678. The van der Waals surface area contributed by atoms with Gasteiger partial charge in [0.05, 0.1) is 11.9 Å². The van der Waals surface area contributed by atoms with Crippen molar-refractivity contribution in [1.29, 1.82) is 0 Å². The molecule has 1 aromatic heterocycles. The molecule has 1 saturated heterocycles. The van der Waals surface area contributed by atoms with Crippen LogP contribution in [0, 0.1) is 0 Å². The first-order chi connectivity index (χ1) is 14.7. The molecule has 0 bridgehead atoms. The van der Waals surface area contributed by atoms with Crippen LogP contribution < -0.4 is 10.6 Å². The molecule has 1 aliphatic rings. The molecule has 6 nitrogen and oxygen atoms in total. The summed E-state index contributed by atoms with van der Waals surface area (Å²) in [6.07, 6.45) is 5.03. The summed E-state index contributed by atoms with van der Waals surface area (Å²) in [6, 6.07) is 19.0. The molecule has 2 heterocycles. The molecule has 30 heavy (non-hydrogen) atoms. The topological polar surface area (TPSA) is 74.3 Å². The van der Waals surface area contributed by atoms with E-state index >= 15 is 0 Å². The molecular weight excluding hydrogens is 376 g/mol. The van der Waals surface area contributed by atoms with Crippen molar-refractivity contribution in [2.24, 2.45) is 0 Å². The smallest absolute Gasteiger partial charge is 0.319 e. The lowest BCUT2D eigenvalue weighted by Gasteiger charge is -2.36. The van der Waals surface area contributed by atoms with E-state index in [2.05, 4.69) is 15.6 Å². The molecule has 1 aliphatic heterocycles. The Labute approximate surface area is 176 Å². The Morgan fingerprint density at radius 1 is 1.00 bits per heavy atom. The Morgan fingerprint density at radius 3 is 2.70 bits per heavy atom. The summed E-state index contributed by atoms with van der Waals surface area (Å²) in [5.41, 5.74) is 2.56. The average Bonchev–Trinajstić information content (AvgIpc) is 2.79. The molecule has 0 aliphatic carbocycles. The number of nitrogens with one attached hydrogen (secondary N) is 2. The summed E-state index contributed by atoms with van der Waals surface area (Å²) in [7, 11) is 0. The van der Waals surface area contributed by atoms with Crippen LogP contribution in [0.25, 0.3) is 10.9 Å². The van der Waals surface area contributed by atoms with Gasteiger partial charge in [-0.25, -0.2) is 4.79 Å². The largest absolute Gasteiger partial charge is 0.338 e. The van der Waals surface area contributed by atoms with Gasteiger partial charge in [-0.1, -0.05) is 42.5 Å². The van der Waals surface area contributed by atoms with Crippen molar-refractivity contribution in [3.05, 3.63) is 72.4 Å². The van der Waals surface area contributed by atoms with E-state index in [1.807, 2.05) is 65.6 Å². The normalized spacial score (nSPS) is 16.3. The predicted octanol–water partition coefficient (Wildman–Crippen LogP) is 3.98. The van der Waals surface area contributed by atoms with Gasteiger partial charge in [0, 0.05) is 36.4 Å². The zero-order valence-corrected chi connectivity index (χ0v) is 16.9. The van der Waals surface area contributed by atoms with Crippen molar-refractivity contribution in [2.75, 3.05) is 18.4 Å². The first-order valence-corrected chi connectivity index (χ1v) is 10.4. The fourth-order valence-corrected chi connectivity index (χ4v) is 4.02. The number of nitrogens with zero attached hydrogens (tertiary/aromatic N) is 2. The molecule has 0 radical (unpaired) electrons. The van der Waals surface area contributed by atoms with Gasteiger partial charge in [-0.15, -0.1) is 0 Å². The number of likely N-dealkylation sites (tertiary alicyclic amines) is 1. The van der Waals surface area contributed by atoms with Crippen LogP contribution in [0.1, 0.15) is 24.8 Å². The van der Waals surface area contributed by atoms with E-state index in [-0.39, 0.29) is 18.0 Å². The Morgan fingerprint density at radius 2 is 1.83 bits per heavy atom. The van der Waals surface area contributed by atoms with Gasteiger partial charge >= 0.3 is 6.03 Å². The molecular formula is C24H26N4O2. The third-order valence-electron chi connectivity index (χ3n) is 5.54. The van der Waals surface area contributed by atoms with Crippen molar-refractivity contribution in [3.8, 4) is 0 Å². The van der Waals surface area contributed by atoms with E-state index < -0.39 is 0 Å². The molecule has 1 fully saturated rings. The van der Waals surface area contributed by atoms with Gasteiger partial charge in [0.15, 0.2) is 0 Å². The minimum absolute atomic E-state index is 0.00992. The predicted molar refractivity (Wildman–Crippen MR) is 118 cm³/mol. The van der Waals surface area contributed by atoms with Crippen LogP contribution in [0.4, 0.5) is 10.5 Å². The molecule has 2 aromatic carbocycles. The summed E-state index contributed by atoms with van der Waals surface area (Å²) >= 11 is 0. The number of piperidine rings is 1. The number of hydrogen-bond acceptors (Lipinski definition) is 3. The summed E-state index contributed by atoms with van der Waals surface area (Å²) in [5, 5.41) is 6.79. The molecule has 1 unspecified atom stereocenters. The first-order valence-electron chi connectivity index (χ1n) is 10.4. The second kappa shape index (κ2) is 9.39. The van der Waals surface area contributed by atoms with Crippen molar-refractivity contribution in [1.82, 2.24) is 15.2 Å². The number of aromatic nitrogens is 1. The Hall–Kier alpha value is -3.41. The number of anilines is 1. The number of carbonyl (C=O) groups excluding carboxylic acids is 2. The van der Waals surface area contributed by atoms with Crippen molar-refractivity contribution < 1.29 is 9.59 Å². The van der Waals surface area contributed by atoms with Gasteiger partial charge < -0.3 is 15.5 Å². The van der Waals surface area contributed by atoms with Crippen molar-refractivity contribution >= 4 is 28.5 Å². The van der Waals surface area contributed by atoms with Gasteiger partial charge in [-0.05, 0) is 43.0 Å². The number of benzene rings is 2. The van der Waals surface area contributed by atoms with Crippen molar-refractivity contribution in [2.45, 2.75) is 31.7 Å². The minimum atomic E-state index is -0.252. The Balaban J connectivity index is 1.39. The zero-order valence-electron chi connectivity index (χ0n) is 16.9. The van der Waals surface area contributed by atoms with Crippen molar-refractivity contribution in [3.63, 3.8) is 0 Å². The van der Waals surface area contributed by atoms with Crippen LogP contribution in [0.3, 0.4) is 0 Å². The molecule has 4 rings (SSSR count). The maximum absolute atomic E-state index is 13.1. The third kappa shape index (κ3) is 4.76. The summed E-state index contributed by atoms with van der Waals surface area (Å²) in [4.78, 5) is 31.7. The molecule has 0 saturated carbocycles. The maximum Gasteiger partial charge on any atom is 0.319 e. The van der Waals surface area contributed by atoms with E-state index in [4.69, 9.17) is 0 Å². The minimum Gasteiger partial charge on any atom is -0.338 e. The molecule has 154 valence electrons. The van der Waals surface area contributed by atoms with Gasteiger partial charge in [0.2, 0.25) is 5.91 Å². The lowest BCUT2D eigenvalue weighted by Crippen LogP contribution is -2.50. The highest BCUT2D eigenvalue weighted by molar-refractivity contribution is 5.89. The second-order valence-corrected chi connectivity index (χ2v) is 7.61. The number of para-hydroxylation sites is 2. The zero-order chi connectivity index (χ0) is 20.8. The number of urea groups is 1. The Kier molecular flexibility index (Phi) is 6.23. The Bertz CT molecular complexity index is 1020. The third-order valence-corrected chi connectivity index (χ3v) is 5.54. The van der Waals surface area contributed by atoms with Crippen LogP contribution in [0.15, 0.2) is 66.9 Å². The number of fused-ring (bicyclic) bond motifs is 1. The van der Waals surface area contributed by atoms with Crippen LogP contribution in [-0.2, 0) is 11.2 Å². The molecule has 1 atom stereocenters. The van der Waals surface area contributed by atoms with Crippen LogP contribution in [-0.4, -0.2) is 41.0 Å². The number of rotatable bonds is 5. The first kappa shape index (κ1) is 19.9. The summed E-state index contributed by atoms with van der Waals surface area (Å²) in [6.45, 7) is 1.17. The summed E-state index contributed by atoms with van der Waals surface area (Å²) < 4.78 is 0. The molecule has 2 N–H and O–H groups in total. The van der Waals surface area contributed by atoms with Gasteiger partial charge in [-0.2, -0.15) is 0 Å². The van der Waals surface area contributed by atoms with E-state index in [0.717, 1.165) is 48.0 Å². The van der Waals surface area contributed by atoms with E-state index in [1.165, 1.54) is 0 Å². The molecule has 0 spiro atoms. The van der Waals surface area contributed by atoms with Crippen LogP contribution in [0.5, 0.6) is 0 Å². The monoisotopic (exact) mass is 402 g/mol. The second-order valence-electron chi connectivity index (χ2n) is 7.61. The molecule has 3 aromatic rings. The number of hydrogen-bond donors (Lipinski definition) is 2. The van der Waals surface area contributed by atoms with Gasteiger partial charge in [0.1, 0.15) is 0 Å². The average molecular weight is 402 g/mol. The van der Waals surface area contributed by atoms with E-state index in [0.29, 0.717) is 13.0 Å². The number of pyridine rings is 1. The van der Waals surface area contributed by atoms with Crippen LogP contribution >= 0.6 is 0 Å². The van der Waals surface area contributed by atoms with Gasteiger partial charge in [0.25, 0.3) is 0 Å². The fourth-order valence-electron chi connectivity index (χ4n) is 4.02. The molecule has 3 amide bonds.